The van der Waals surface area contributed by atoms with Crippen LogP contribution < -0.4 is 20.1 Å². The highest BCUT2D eigenvalue weighted by Gasteiger charge is 2.38. The Labute approximate surface area is 301 Å². The van der Waals surface area contributed by atoms with Gasteiger partial charge in [-0.05, 0) is 93.6 Å². The normalized spacial score (nSPS) is 14.6. The van der Waals surface area contributed by atoms with Gasteiger partial charge >= 0.3 is 0 Å². The number of aryl methyl sites for hydroxylation is 6. The largest absolute Gasteiger partial charge is 0.494 e. The molecule has 0 radical (unpaired) electrons. The number of halogens is 2. The van der Waals surface area contributed by atoms with Crippen molar-refractivity contribution >= 4 is 62.5 Å². The van der Waals surface area contributed by atoms with Crippen LogP contribution in [0.15, 0.2) is 48.7 Å². The molecule has 2 amide bonds. The van der Waals surface area contributed by atoms with Crippen LogP contribution in [0.5, 0.6) is 5.75 Å². The second-order valence-electron chi connectivity index (χ2n) is 13.6. The Morgan fingerprint density at radius 1 is 1.04 bits per heavy atom. The number of amides is 2. The van der Waals surface area contributed by atoms with Gasteiger partial charge in [0.05, 0.1) is 39.6 Å². The van der Waals surface area contributed by atoms with E-state index in [1.54, 1.807) is 12.1 Å². The molecule has 50 heavy (non-hydrogen) atoms. The van der Waals surface area contributed by atoms with E-state index in [1.165, 1.54) is 0 Å². The Hall–Kier alpha value is -4.73. The highest BCUT2D eigenvalue weighted by Crippen LogP contribution is 2.45. The van der Waals surface area contributed by atoms with Crippen molar-refractivity contribution < 1.29 is 19.0 Å². The number of nitrogens with one attached hydrogen (secondary N) is 1. The number of hydrogen-bond donors (Lipinski definition) is 2. The summed E-state index contributed by atoms with van der Waals surface area (Å²) in [6.45, 7) is 11.2. The quantitative estimate of drug-likeness (QED) is 0.124. The fraction of sp³-hybridized carbons (Fsp3) is 0.308. The van der Waals surface area contributed by atoms with Crippen LogP contribution in [0.3, 0.4) is 0 Å². The van der Waals surface area contributed by atoms with Gasteiger partial charge in [0.1, 0.15) is 11.4 Å². The lowest BCUT2D eigenvalue weighted by Crippen LogP contribution is -2.42. The number of nitrogens with two attached hydrogens (primary N) is 1. The highest BCUT2D eigenvalue weighted by molar-refractivity contribution is 6.35. The maximum atomic E-state index is 14.9. The molecule has 0 bridgehead atoms. The maximum Gasteiger partial charge on any atom is 0.275 e. The molecular formula is C39H41Cl2N6O3+. The monoisotopic (exact) mass is 711 g/mol. The molecule has 11 heteroatoms. The van der Waals surface area contributed by atoms with Crippen LogP contribution in [-0.2, 0) is 20.5 Å². The molecular weight excluding hydrogens is 671 g/mol. The number of primary amides is 1. The van der Waals surface area contributed by atoms with Crippen molar-refractivity contribution in [1.82, 2.24) is 14.2 Å². The van der Waals surface area contributed by atoms with Crippen LogP contribution >= 0.6 is 23.2 Å². The van der Waals surface area contributed by atoms with Gasteiger partial charge in [0.2, 0.25) is 11.6 Å². The molecule has 6 aromatic rings. The average Bonchev–Trinajstić information content (AvgIpc) is 3.67. The zero-order chi connectivity index (χ0) is 35.8. The van der Waals surface area contributed by atoms with Gasteiger partial charge in [0.15, 0.2) is 7.05 Å². The van der Waals surface area contributed by atoms with E-state index in [2.05, 4.69) is 36.5 Å². The average molecular weight is 713 g/mol. The zero-order valence-corrected chi connectivity index (χ0v) is 30.9. The smallest absolute Gasteiger partial charge is 0.275 e. The van der Waals surface area contributed by atoms with Crippen LogP contribution in [0, 0.1) is 27.7 Å². The first-order valence-corrected chi connectivity index (χ1v) is 17.5. The molecule has 4 heterocycles. The van der Waals surface area contributed by atoms with Crippen molar-refractivity contribution in [2.24, 2.45) is 19.8 Å². The molecule has 3 N–H and O–H groups in total. The van der Waals surface area contributed by atoms with Crippen LogP contribution in [0.1, 0.15) is 68.3 Å². The summed E-state index contributed by atoms with van der Waals surface area (Å²) in [4.78, 5) is 28.8. The summed E-state index contributed by atoms with van der Waals surface area (Å²) in [6.07, 6.45) is 3.26. The lowest BCUT2D eigenvalue weighted by atomic mass is 9.98. The molecule has 0 aliphatic carbocycles. The number of nitrogens with zero attached hydrogens (tertiary/aromatic N) is 4. The predicted molar refractivity (Wildman–Crippen MR) is 200 cm³/mol. The van der Waals surface area contributed by atoms with Gasteiger partial charge in [-0.15, -0.1) is 4.68 Å². The van der Waals surface area contributed by atoms with Crippen LogP contribution in [0.4, 0.5) is 5.69 Å². The number of fused-ring (bicyclic) bond motifs is 4. The Kier molecular flexibility index (Phi) is 8.47. The number of anilines is 1. The molecule has 9 nitrogen and oxygen atoms in total. The van der Waals surface area contributed by atoms with Gasteiger partial charge in [-0.1, -0.05) is 29.3 Å². The van der Waals surface area contributed by atoms with E-state index in [4.69, 9.17) is 33.7 Å². The van der Waals surface area contributed by atoms with Crippen LogP contribution in [-0.4, -0.2) is 39.2 Å². The summed E-state index contributed by atoms with van der Waals surface area (Å²) < 4.78 is 12.4. The third-order valence-corrected chi connectivity index (χ3v) is 11.1. The van der Waals surface area contributed by atoms with E-state index in [9.17, 15) is 9.59 Å². The van der Waals surface area contributed by atoms with Gasteiger partial charge in [0, 0.05) is 59.7 Å². The Bertz CT molecular complexity index is 2360. The molecule has 0 saturated heterocycles. The third-order valence-electron chi connectivity index (χ3n) is 10.2. The summed E-state index contributed by atoms with van der Waals surface area (Å²) in [6, 6.07) is 13.2. The number of aromatic nitrogens is 4. The number of hydrogen-bond acceptors (Lipinski definition) is 3. The minimum atomic E-state index is -0.493. The van der Waals surface area contributed by atoms with Gasteiger partial charge in [-0.25, -0.2) is 0 Å². The summed E-state index contributed by atoms with van der Waals surface area (Å²) in [5.41, 5.74) is 16.2. The van der Waals surface area contributed by atoms with Crippen LogP contribution in [0.2, 0.25) is 10.0 Å². The van der Waals surface area contributed by atoms with Crippen molar-refractivity contribution in [3.63, 3.8) is 0 Å². The summed E-state index contributed by atoms with van der Waals surface area (Å²) >= 11 is 13.5. The molecule has 1 aliphatic heterocycles. The summed E-state index contributed by atoms with van der Waals surface area (Å²) in [7, 11) is 3.90. The number of benzene rings is 3. The molecule has 0 unspecified atom stereocenters. The summed E-state index contributed by atoms with van der Waals surface area (Å²) in [5.74, 6) is 0.202. The van der Waals surface area contributed by atoms with E-state index >= 15 is 0 Å². The Balaban J connectivity index is 1.37. The van der Waals surface area contributed by atoms with E-state index in [-0.39, 0.29) is 11.9 Å². The molecule has 258 valence electrons. The van der Waals surface area contributed by atoms with Crippen molar-refractivity contribution in [2.75, 3.05) is 18.1 Å². The minimum absolute atomic E-state index is 0.0825. The van der Waals surface area contributed by atoms with Crippen molar-refractivity contribution in [3.05, 3.63) is 98.0 Å². The van der Waals surface area contributed by atoms with Crippen molar-refractivity contribution in [1.29, 1.82) is 0 Å². The molecule has 3 aromatic carbocycles. The number of rotatable bonds is 8. The van der Waals surface area contributed by atoms with Gasteiger partial charge < -0.3 is 24.5 Å². The first-order valence-electron chi connectivity index (χ1n) is 16.8. The topological polar surface area (TPSA) is 102 Å². The Morgan fingerprint density at radius 3 is 2.40 bits per heavy atom. The lowest BCUT2D eigenvalue weighted by Gasteiger charge is -2.34. The summed E-state index contributed by atoms with van der Waals surface area (Å²) in [5, 5.41) is 6.68. The molecule has 0 spiro atoms. The number of carbonyl (C=O) groups is 2. The molecule has 3 aromatic heterocycles. The molecule has 7 rings (SSSR count). The first-order chi connectivity index (χ1) is 23.8. The minimum Gasteiger partial charge on any atom is -0.494 e. The highest BCUT2D eigenvalue weighted by atomic mass is 35.5. The van der Waals surface area contributed by atoms with Gasteiger partial charge in [-0.3, -0.25) is 9.59 Å². The molecule has 1 atom stereocenters. The van der Waals surface area contributed by atoms with Gasteiger partial charge in [-0.2, -0.15) is 5.10 Å². The maximum absolute atomic E-state index is 14.9. The van der Waals surface area contributed by atoms with E-state index in [1.807, 2.05) is 72.6 Å². The SMILES string of the molecule is Cc1cc(OCCCc2c3n(c4c(-c5c(C)[nH][n+](C)c5C)c(Cl)ccc24)[C@H](C)CN(c2cn(C)c4cc(C(N)=O)ccc24)C3=O)cc(C)c1Cl. The predicted octanol–water partition coefficient (Wildman–Crippen LogP) is 7.82. The fourth-order valence-corrected chi connectivity index (χ4v) is 8.09. The van der Waals surface area contributed by atoms with Crippen LogP contribution in [0.25, 0.3) is 32.9 Å². The number of H-pyrrole nitrogens is 1. The van der Waals surface area contributed by atoms with Gasteiger partial charge in [0.25, 0.3) is 5.91 Å². The van der Waals surface area contributed by atoms with Crippen molar-refractivity contribution in [2.45, 2.75) is 53.5 Å². The number of carbonyl (C=O) groups excluding carboxylic acids is 2. The van der Waals surface area contributed by atoms with Crippen molar-refractivity contribution in [3.8, 4) is 16.9 Å². The van der Waals surface area contributed by atoms with E-state index in [0.29, 0.717) is 42.3 Å². The van der Waals surface area contributed by atoms with E-state index < -0.39 is 5.91 Å². The second kappa shape index (κ2) is 12.5. The number of ether oxygens (including phenoxy) is 1. The molecule has 1 aliphatic rings. The first kappa shape index (κ1) is 33.8. The zero-order valence-electron chi connectivity index (χ0n) is 29.4. The standard InChI is InChI=1S/C39H40Cl2N6O3/c1-20-15-26(16-21(2)35(20)41)50-14-8-9-27-28-12-13-30(40)34(33-23(4)43-45(7)24(33)5)36(28)47-22(3)18-46(39(49)37(27)47)32-19-44(6)31-17-25(38(42)48)10-11-29(31)32/h10-13,15-17,19,22H,8-9,14,18H2,1-7H3,(H2,42,48)/p+1/t22-/m1/s1. The molecule has 0 fully saturated rings. The Morgan fingerprint density at radius 2 is 1.74 bits per heavy atom. The lowest BCUT2D eigenvalue weighted by molar-refractivity contribution is -0.732. The second-order valence-corrected chi connectivity index (χ2v) is 14.4. The third kappa shape index (κ3) is 5.34. The number of aromatic amines is 1. The fourth-order valence-electron chi connectivity index (χ4n) is 7.73. The molecule has 0 saturated carbocycles. The van der Waals surface area contributed by atoms with E-state index in [0.717, 1.165) is 77.5 Å².